The summed E-state index contributed by atoms with van der Waals surface area (Å²) in [6.45, 7) is 7.11. The predicted molar refractivity (Wildman–Crippen MR) is 138 cm³/mol. The number of carbonyl (C=O) groups excluding carboxylic acids is 2. The molecule has 1 saturated heterocycles. The molecule has 0 radical (unpaired) electrons. The molecule has 0 N–H and O–H groups in total. The molecule has 7 heteroatoms. The number of piperidine rings is 1. The van der Waals surface area contributed by atoms with Crippen molar-refractivity contribution in [1.29, 1.82) is 0 Å². The number of nitrogens with zero attached hydrogens (tertiary/aromatic N) is 1. The highest BCUT2D eigenvalue weighted by molar-refractivity contribution is 6.30. The fourth-order valence-electron chi connectivity index (χ4n) is 4.67. The minimum Gasteiger partial charge on any atom is -0.496 e. The van der Waals surface area contributed by atoms with Gasteiger partial charge in [-0.05, 0) is 62.9 Å². The van der Waals surface area contributed by atoms with Crippen molar-refractivity contribution < 1.29 is 23.5 Å². The Morgan fingerprint density at radius 2 is 1.89 bits per heavy atom. The summed E-state index contributed by atoms with van der Waals surface area (Å²) in [5.74, 6) is 0.296. The Morgan fingerprint density at radius 1 is 1.20 bits per heavy atom. The zero-order valence-electron chi connectivity index (χ0n) is 20.5. The Kier molecular flexibility index (Phi) is 7.51. The number of likely N-dealkylation sites (tertiary alicyclic amines) is 1. The number of fused-ring (bicyclic) bond motifs is 1. The predicted octanol–water partition coefficient (Wildman–Crippen LogP) is 6.28. The lowest BCUT2D eigenvalue weighted by Gasteiger charge is -2.30. The van der Waals surface area contributed by atoms with Gasteiger partial charge in [0.2, 0.25) is 5.91 Å². The van der Waals surface area contributed by atoms with E-state index in [2.05, 4.69) is 0 Å². The van der Waals surface area contributed by atoms with Crippen LogP contribution < -0.4 is 4.74 Å². The van der Waals surface area contributed by atoms with Gasteiger partial charge in [0, 0.05) is 46.3 Å². The molecule has 2 aromatic carbocycles. The molecule has 6 nitrogen and oxygen atoms in total. The average molecular weight is 496 g/mol. The third-order valence-electron chi connectivity index (χ3n) is 6.59. The summed E-state index contributed by atoms with van der Waals surface area (Å²) in [5, 5.41) is 1.61. The first-order valence-electron chi connectivity index (χ1n) is 11.8. The van der Waals surface area contributed by atoms with Gasteiger partial charge in [-0.3, -0.25) is 9.59 Å². The summed E-state index contributed by atoms with van der Waals surface area (Å²) >= 11 is 6.07. The van der Waals surface area contributed by atoms with E-state index in [9.17, 15) is 9.59 Å². The van der Waals surface area contributed by atoms with Crippen LogP contribution in [0.4, 0.5) is 0 Å². The number of esters is 1. The second-order valence-electron chi connectivity index (χ2n) is 8.79. The molecule has 0 aliphatic carbocycles. The molecule has 35 heavy (non-hydrogen) atoms. The molecule has 3 aromatic rings. The molecular weight excluding hydrogens is 466 g/mol. The molecule has 1 aliphatic heterocycles. The number of aryl methyl sites for hydroxylation is 1. The quantitative estimate of drug-likeness (QED) is 0.297. The number of allylic oxidation sites excluding steroid dienone is 1. The average Bonchev–Trinajstić information content (AvgIpc) is 3.29. The second kappa shape index (κ2) is 10.6. The number of benzene rings is 2. The molecule has 0 saturated carbocycles. The molecule has 4 rings (SSSR count). The summed E-state index contributed by atoms with van der Waals surface area (Å²) in [6.07, 6.45) is 4.62. The van der Waals surface area contributed by atoms with Gasteiger partial charge in [-0.25, -0.2) is 0 Å². The molecule has 1 aliphatic rings. The van der Waals surface area contributed by atoms with Gasteiger partial charge in [0.25, 0.3) is 0 Å². The van der Waals surface area contributed by atoms with Gasteiger partial charge in [-0.2, -0.15) is 0 Å². The number of hydrogen-bond acceptors (Lipinski definition) is 5. The SMILES string of the molecule is CCOC(=O)C1CCN(C(=O)/C=C(\C)c2cc3c(-c4ccc(Cl)cc4)coc3c(C)c2OC)CC1. The number of furan rings is 1. The van der Waals surface area contributed by atoms with E-state index in [1.165, 1.54) is 0 Å². The Balaban J connectivity index is 1.63. The molecule has 0 bridgehead atoms. The monoisotopic (exact) mass is 495 g/mol. The second-order valence-corrected chi connectivity index (χ2v) is 9.23. The summed E-state index contributed by atoms with van der Waals surface area (Å²) in [6, 6.07) is 9.63. The van der Waals surface area contributed by atoms with Crippen molar-refractivity contribution in [2.45, 2.75) is 33.6 Å². The minimum atomic E-state index is -0.170. The molecule has 0 unspecified atom stereocenters. The fourth-order valence-corrected chi connectivity index (χ4v) is 4.80. The van der Waals surface area contributed by atoms with E-state index in [4.69, 9.17) is 25.5 Å². The largest absolute Gasteiger partial charge is 0.496 e. The van der Waals surface area contributed by atoms with Crippen LogP contribution in [0.25, 0.3) is 27.7 Å². The van der Waals surface area contributed by atoms with Crippen molar-refractivity contribution in [3.63, 3.8) is 0 Å². The Hall–Kier alpha value is -3.25. The number of rotatable bonds is 6. The number of methoxy groups -OCH3 is 1. The van der Waals surface area contributed by atoms with E-state index in [-0.39, 0.29) is 17.8 Å². The van der Waals surface area contributed by atoms with Crippen LogP contribution in [0, 0.1) is 12.8 Å². The summed E-state index contributed by atoms with van der Waals surface area (Å²) in [7, 11) is 1.62. The van der Waals surface area contributed by atoms with E-state index in [0.29, 0.717) is 43.3 Å². The first-order chi connectivity index (χ1) is 16.8. The van der Waals surface area contributed by atoms with Crippen LogP contribution in [0.15, 0.2) is 47.1 Å². The summed E-state index contributed by atoms with van der Waals surface area (Å²) in [4.78, 5) is 26.9. The zero-order chi connectivity index (χ0) is 25.1. The van der Waals surface area contributed by atoms with E-state index >= 15 is 0 Å². The van der Waals surface area contributed by atoms with E-state index in [1.54, 1.807) is 31.3 Å². The van der Waals surface area contributed by atoms with Crippen LogP contribution in [0.5, 0.6) is 5.75 Å². The molecule has 1 aromatic heterocycles. The van der Waals surface area contributed by atoms with Crippen LogP contribution in [0.2, 0.25) is 5.02 Å². The van der Waals surface area contributed by atoms with Crippen LogP contribution >= 0.6 is 11.6 Å². The molecule has 1 fully saturated rings. The Labute approximate surface area is 210 Å². The van der Waals surface area contributed by atoms with E-state index < -0.39 is 0 Å². The maximum atomic E-state index is 13.1. The molecular formula is C28H30ClNO5. The van der Waals surface area contributed by atoms with Crippen LogP contribution in [-0.4, -0.2) is 43.6 Å². The maximum absolute atomic E-state index is 13.1. The van der Waals surface area contributed by atoms with E-state index in [1.807, 2.05) is 44.2 Å². The Bertz CT molecular complexity index is 1270. The van der Waals surface area contributed by atoms with Crippen molar-refractivity contribution in [3.05, 3.63) is 58.8 Å². The van der Waals surface area contributed by atoms with Gasteiger partial charge in [-0.1, -0.05) is 23.7 Å². The molecule has 0 spiro atoms. The van der Waals surface area contributed by atoms with Crippen molar-refractivity contribution >= 4 is 40.0 Å². The number of halogens is 1. The highest BCUT2D eigenvalue weighted by Crippen LogP contribution is 2.40. The first kappa shape index (κ1) is 24.9. The normalized spacial score (nSPS) is 14.9. The summed E-state index contributed by atoms with van der Waals surface area (Å²) in [5.41, 5.74) is 5.19. The van der Waals surface area contributed by atoms with Gasteiger partial charge in [0.15, 0.2) is 0 Å². The van der Waals surface area contributed by atoms with Crippen molar-refractivity contribution in [1.82, 2.24) is 4.90 Å². The smallest absolute Gasteiger partial charge is 0.309 e. The van der Waals surface area contributed by atoms with Gasteiger partial charge in [0.05, 0.1) is 25.9 Å². The van der Waals surface area contributed by atoms with E-state index in [0.717, 1.165) is 38.8 Å². The van der Waals surface area contributed by atoms with Crippen LogP contribution in [-0.2, 0) is 14.3 Å². The lowest BCUT2D eigenvalue weighted by molar-refractivity contribution is -0.150. The highest BCUT2D eigenvalue weighted by atomic mass is 35.5. The standard InChI is InChI=1S/C28H30ClNO5/c1-5-34-28(32)20-10-12-30(13-11-20)25(31)14-17(2)22-15-23-24(19-6-8-21(29)9-7-19)16-35-27(23)18(3)26(22)33-4/h6-9,14-16,20H,5,10-13H2,1-4H3/b17-14+. The minimum absolute atomic E-state index is 0.0743. The van der Waals surface area contributed by atoms with Crippen LogP contribution in [0.3, 0.4) is 0 Å². The fraction of sp³-hybridized carbons (Fsp3) is 0.357. The third kappa shape index (κ3) is 5.08. The number of ether oxygens (including phenoxy) is 2. The lowest BCUT2D eigenvalue weighted by Crippen LogP contribution is -2.40. The Morgan fingerprint density at radius 3 is 2.51 bits per heavy atom. The molecule has 0 atom stereocenters. The maximum Gasteiger partial charge on any atom is 0.309 e. The molecule has 1 amide bonds. The topological polar surface area (TPSA) is 69.0 Å². The summed E-state index contributed by atoms with van der Waals surface area (Å²) < 4.78 is 16.8. The van der Waals surface area contributed by atoms with Gasteiger partial charge in [-0.15, -0.1) is 0 Å². The van der Waals surface area contributed by atoms with Crippen LogP contribution in [0.1, 0.15) is 37.8 Å². The molecule has 2 heterocycles. The number of amides is 1. The van der Waals surface area contributed by atoms with Gasteiger partial charge < -0.3 is 18.8 Å². The highest BCUT2D eigenvalue weighted by Gasteiger charge is 2.28. The van der Waals surface area contributed by atoms with Gasteiger partial charge in [0.1, 0.15) is 11.3 Å². The van der Waals surface area contributed by atoms with Crippen molar-refractivity contribution in [2.24, 2.45) is 5.92 Å². The molecule has 184 valence electrons. The van der Waals surface area contributed by atoms with Crippen molar-refractivity contribution in [3.8, 4) is 16.9 Å². The lowest BCUT2D eigenvalue weighted by atomic mass is 9.95. The van der Waals surface area contributed by atoms with Crippen molar-refractivity contribution in [2.75, 3.05) is 26.8 Å². The first-order valence-corrected chi connectivity index (χ1v) is 12.2. The number of hydrogen-bond donors (Lipinski definition) is 0. The third-order valence-corrected chi connectivity index (χ3v) is 6.85. The number of carbonyl (C=O) groups is 2. The van der Waals surface area contributed by atoms with Gasteiger partial charge >= 0.3 is 5.97 Å². The zero-order valence-corrected chi connectivity index (χ0v) is 21.3.